The molecule has 0 fully saturated rings. The predicted octanol–water partition coefficient (Wildman–Crippen LogP) is 2.83. The molecule has 5 nitrogen and oxygen atoms in total. The molecule has 1 unspecified atom stereocenters. The Bertz CT molecular complexity index is 580. The van der Waals surface area contributed by atoms with Gasteiger partial charge in [-0.15, -0.1) is 0 Å². The van der Waals surface area contributed by atoms with E-state index in [4.69, 9.17) is 8.92 Å². The summed E-state index contributed by atoms with van der Waals surface area (Å²) in [6.07, 6.45) is 2.26. The number of rotatable bonds is 8. The molecular weight excluding hydrogens is 302 g/mol. The van der Waals surface area contributed by atoms with Crippen molar-refractivity contribution in [1.29, 1.82) is 0 Å². The van der Waals surface area contributed by atoms with E-state index in [-0.39, 0.29) is 6.04 Å². The van der Waals surface area contributed by atoms with Crippen LogP contribution in [0.25, 0.3) is 0 Å². The third-order valence-corrected chi connectivity index (χ3v) is 4.57. The van der Waals surface area contributed by atoms with Crippen LogP contribution in [0.15, 0.2) is 24.3 Å². The van der Waals surface area contributed by atoms with Crippen LogP contribution < -0.4 is 4.74 Å². The second-order valence-electron chi connectivity index (χ2n) is 5.70. The van der Waals surface area contributed by atoms with Gasteiger partial charge in [0.05, 0.1) is 19.4 Å². The fourth-order valence-electron chi connectivity index (χ4n) is 2.99. The van der Waals surface area contributed by atoms with E-state index in [1.807, 2.05) is 57.1 Å². The number of benzene rings is 1. The Labute approximate surface area is 134 Å². The average molecular weight is 329 g/mol. The topological polar surface area (TPSA) is 55.8 Å². The summed E-state index contributed by atoms with van der Waals surface area (Å²) in [6.45, 7) is 3.90. The number of likely N-dealkylation sites (N-methyl/N-ethyl adjacent to an activating group) is 1. The van der Waals surface area contributed by atoms with E-state index < -0.39 is 15.7 Å². The zero-order chi connectivity index (χ0) is 17.0. The highest BCUT2D eigenvalue weighted by molar-refractivity contribution is 7.86. The monoisotopic (exact) mass is 329 g/mol. The molecule has 0 heterocycles. The van der Waals surface area contributed by atoms with Crippen LogP contribution >= 0.6 is 0 Å². The van der Waals surface area contributed by atoms with Crippen LogP contribution in [0.2, 0.25) is 0 Å². The van der Waals surface area contributed by atoms with Crippen molar-refractivity contribution in [3.63, 3.8) is 0 Å². The van der Waals surface area contributed by atoms with E-state index in [2.05, 4.69) is 0 Å². The van der Waals surface area contributed by atoms with Crippen molar-refractivity contribution in [2.75, 3.05) is 27.5 Å². The fraction of sp³-hybridized carbons (Fsp3) is 0.625. The highest BCUT2D eigenvalue weighted by Gasteiger charge is 2.42. The van der Waals surface area contributed by atoms with Gasteiger partial charge in [-0.05, 0) is 44.6 Å². The molecule has 0 saturated carbocycles. The molecule has 0 spiro atoms. The largest absolute Gasteiger partial charge is 0.497 e. The Kier molecular flexibility index (Phi) is 6.40. The van der Waals surface area contributed by atoms with Gasteiger partial charge in [0, 0.05) is 0 Å². The third kappa shape index (κ3) is 4.44. The van der Waals surface area contributed by atoms with Crippen LogP contribution in [-0.4, -0.2) is 46.4 Å². The van der Waals surface area contributed by atoms with Gasteiger partial charge in [-0.2, -0.15) is 8.42 Å². The maximum absolute atomic E-state index is 11.8. The van der Waals surface area contributed by atoms with E-state index in [1.165, 1.54) is 0 Å². The molecular formula is C16H27NO4S. The van der Waals surface area contributed by atoms with Gasteiger partial charge in [-0.3, -0.25) is 9.08 Å². The second kappa shape index (κ2) is 7.44. The van der Waals surface area contributed by atoms with Crippen LogP contribution in [0.5, 0.6) is 5.75 Å². The lowest BCUT2D eigenvalue weighted by atomic mass is 9.83. The van der Waals surface area contributed by atoms with Crippen molar-refractivity contribution in [2.24, 2.45) is 0 Å². The van der Waals surface area contributed by atoms with Crippen molar-refractivity contribution in [1.82, 2.24) is 4.90 Å². The fourth-order valence-corrected chi connectivity index (χ4v) is 3.92. The molecule has 1 atom stereocenters. The quantitative estimate of drug-likeness (QED) is 0.687. The summed E-state index contributed by atoms with van der Waals surface area (Å²) < 4.78 is 34.4. The summed E-state index contributed by atoms with van der Waals surface area (Å²) in [5.41, 5.74) is 0.153. The maximum atomic E-state index is 11.8. The van der Waals surface area contributed by atoms with Gasteiger partial charge in [0.2, 0.25) is 0 Å². The third-order valence-electron chi connectivity index (χ3n) is 3.94. The molecule has 0 aliphatic rings. The number of hydrogen-bond acceptors (Lipinski definition) is 5. The van der Waals surface area contributed by atoms with Crippen molar-refractivity contribution < 1.29 is 17.3 Å². The molecule has 0 aliphatic heterocycles. The minimum Gasteiger partial charge on any atom is -0.497 e. The van der Waals surface area contributed by atoms with Gasteiger partial charge in [-0.1, -0.05) is 26.0 Å². The van der Waals surface area contributed by atoms with Crippen LogP contribution in [0.3, 0.4) is 0 Å². The highest BCUT2D eigenvalue weighted by Crippen LogP contribution is 2.40. The van der Waals surface area contributed by atoms with Gasteiger partial charge in [0.25, 0.3) is 10.1 Å². The summed E-state index contributed by atoms with van der Waals surface area (Å²) in [7, 11) is 1.90. The molecule has 0 radical (unpaired) electrons. The summed E-state index contributed by atoms with van der Waals surface area (Å²) in [6, 6.07) is 7.47. The van der Waals surface area contributed by atoms with Crippen LogP contribution in [0.1, 0.15) is 38.3 Å². The van der Waals surface area contributed by atoms with Crippen LogP contribution in [-0.2, 0) is 14.3 Å². The molecule has 6 heteroatoms. The number of hydrogen-bond donors (Lipinski definition) is 0. The first-order valence-corrected chi connectivity index (χ1v) is 9.21. The molecule has 1 aromatic carbocycles. The van der Waals surface area contributed by atoms with E-state index in [1.54, 1.807) is 7.11 Å². The molecule has 22 heavy (non-hydrogen) atoms. The Morgan fingerprint density at radius 1 is 1.23 bits per heavy atom. The minimum absolute atomic E-state index is 0.202. The normalized spacial score (nSPS) is 14.1. The highest BCUT2D eigenvalue weighted by atomic mass is 32.2. The van der Waals surface area contributed by atoms with Crippen molar-refractivity contribution in [3.8, 4) is 5.75 Å². The van der Waals surface area contributed by atoms with Crippen LogP contribution in [0, 0.1) is 0 Å². The summed E-state index contributed by atoms with van der Waals surface area (Å²) >= 11 is 0. The molecule has 0 aromatic heterocycles. The molecule has 0 N–H and O–H groups in total. The van der Waals surface area contributed by atoms with E-state index >= 15 is 0 Å². The standard InChI is InChI=1S/C16H27NO4S/c1-7-16(8-2,21-22(6,18)19)15(17(3)4)13-10-9-11-14(12-13)20-5/h9-12,15H,7-8H2,1-6H3. The van der Waals surface area contributed by atoms with Crippen molar-refractivity contribution in [2.45, 2.75) is 38.3 Å². The van der Waals surface area contributed by atoms with Gasteiger partial charge in [-0.25, -0.2) is 0 Å². The van der Waals surface area contributed by atoms with Gasteiger partial charge in [0.1, 0.15) is 11.4 Å². The first kappa shape index (κ1) is 18.9. The Morgan fingerprint density at radius 3 is 2.23 bits per heavy atom. The van der Waals surface area contributed by atoms with Gasteiger partial charge >= 0.3 is 0 Å². The zero-order valence-corrected chi connectivity index (χ0v) is 15.1. The second-order valence-corrected chi connectivity index (χ2v) is 7.28. The van der Waals surface area contributed by atoms with E-state index in [0.717, 1.165) is 17.6 Å². The molecule has 0 amide bonds. The Balaban J connectivity index is 3.41. The number of methoxy groups -OCH3 is 1. The summed E-state index contributed by atoms with van der Waals surface area (Å²) in [4.78, 5) is 1.99. The Morgan fingerprint density at radius 2 is 1.82 bits per heavy atom. The molecule has 0 aliphatic carbocycles. The van der Waals surface area contributed by atoms with E-state index in [0.29, 0.717) is 12.8 Å². The van der Waals surface area contributed by atoms with Crippen molar-refractivity contribution >= 4 is 10.1 Å². The summed E-state index contributed by atoms with van der Waals surface area (Å²) in [5, 5.41) is 0. The zero-order valence-electron chi connectivity index (χ0n) is 14.3. The molecule has 0 bridgehead atoms. The summed E-state index contributed by atoms with van der Waals surface area (Å²) in [5.74, 6) is 0.741. The molecule has 1 rings (SSSR count). The lowest BCUT2D eigenvalue weighted by Crippen LogP contribution is -2.46. The van der Waals surface area contributed by atoms with Crippen LogP contribution in [0.4, 0.5) is 0 Å². The first-order valence-electron chi connectivity index (χ1n) is 7.40. The molecule has 1 aromatic rings. The SMILES string of the molecule is CCC(CC)(OS(C)(=O)=O)C(c1cccc(OC)c1)N(C)C. The molecule has 0 saturated heterocycles. The average Bonchev–Trinajstić information content (AvgIpc) is 2.44. The lowest BCUT2D eigenvalue weighted by molar-refractivity contribution is -0.0124. The van der Waals surface area contributed by atoms with Gasteiger partial charge < -0.3 is 4.74 Å². The van der Waals surface area contributed by atoms with E-state index in [9.17, 15) is 8.42 Å². The van der Waals surface area contributed by atoms with Gasteiger partial charge in [0.15, 0.2) is 0 Å². The lowest BCUT2D eigenvalue weighted by Gasteiger charge is -2.42. The first-order chi connectivity index (χ1) is 10.2. The van der Waals surface area contributed by atoms with Crippen molar-refractivity contribution in [3.05, 3.63) is 29.8 Å². The maximum Gasteiger partial charge on any atom is 0.264 e. The molecule has 126 valence electrons. The smallest absolute Gasteiger partial charge is 0.264 e. The minimum atomic E-state index is -3.57. The number of ether oxygens (including phenoxy) is 1. The predicted molar refractivity (Wildman–Crippen MR) is 88.7 cm³/mol. The Hall–Kier alpha value is -1.11. The number of nitrogens with zero attached hydrogens (tertiary/aromatic N) is 1.